The van der Waals surface area contributed by atoms with E-state index >= 15 is 0 Å². The Balaban J connectivity index is 1.09. The van der Waals surface area contributed by atoms with E-state index in [0.717, 1.165) is 55.5 Å². The van der Waals surface area contributed by atoms with Crippen molar-refractivity contribution in [1.82, 2.24) is 0 Å². The van der Waals surface area contributed by atoms with Gasteiger partial charge in [-0.3, -0.25) is 0 Å². The van der Waals surface area contributed by atoms with Crippen LogP contribution in [0.3, 0.4) is 0 Å². The average Bonchev–Trinajstić information content (AvgIpc) is 3.99. The molecule has 0 radical (unpaired) electrons. The van der Waals surface area contributed by atoms with Gasteiger partial charge in [0.2, 0.25) is 0 Å². The van der Waals surface area contributed by atoms with Crippen molar-refractivity contribution in [3.05, 3.63) is 211 Å². The van der Waals surface area contributed by atoms with E-state index in [0.29, 0.717) is 0 Å². The summed E-state index contributed by atoms with van der Waals surface area (Å²) >= 11 is 1.87. The van der Waals surface area contributed by atoms with E-state index < -0.39 is 0 Å². The first-order valence-electron chi connectivity index (χ1n) is 21.4. The van der Waals surface area contributed by atoms with Gasteiger partial charge in [0.15, 0.2) is 5.58 Å². The number of benzene rings is 10. The molecule has 2 nitrogen and oxygen atoms in total. The molecule has 0 amide bonds. The molecule has 62 heavy (non-hydrogen) atoms. The molecule has 10 aromatic carbocycles. The van der Waals surface area contributed by atoms with Crippen molar-refractivity contribution in [2.75, 3.05) is 4.90 Å². The molecule has 0 fully saturated rings. The third kappa shape index (κ3) is 5.03. The fraction of sp³-hybridized carbons (Fsp3) is 0.0508. The average molecular weight is 810 g/mol. The Bertz CT molecular complexity index is 3780. The SMILES string of the molecule is CC1(C)c2ccccc2-c2ccc(N(c3ccc(-c4cccc5c4sc4ccccc45)cc3)c3ccc(-c4ccccc4)c4c3oc3c5ccccc5c5ccccc5c34)cc21. The molecule has 12 aromatic rings. The highest BCUT2D eigenvalue weighted by Crippen LogP contribution is 2.53. The molecule has 0 unspecified atom stereocenters. The maximum Gasteiger partial charge on any atom is 0.160 e. The van der Waals surface area contributed by atoms with Crippen molar-refractivity contribution in [2.45, 2.75) is 19.3 Å². The zero-order valence-corrected chi connectivity index (χ0v) is 35.1. The second kappa shape index (κ2) is 13.3. The van der Waals surface area contributed by atoms with Crippen LogP contribution in [0.5, 0.6) is 0 Å². The second-order valence-corrected chi connectivity index (χ2v) is 18.2. The highest BCUT2D eigenvalue weighted by molar-refractivity contribution is 7.26. The van der Waals surface area contributed by atoms with Crippen molar-refractivity contribution < 1.29 is 4.42 Å². The predicted molar refractivity (Wildman–Crippen MR) is 265 cm³/mol. The summed E-state index contributed by atoms with van der Waals surface area (Å²) < 4.78 is 10.0. The molecule has 0 saturated carbocycles. The second-order valence-electron chi connectivity index (χ2n) is 17.2. The molecular formula is C59H39NOS. The lowest BCUT2D eigenvalue weighted by Gasteiger charge is -2.28. The number of furan rings is 1. The minimum Gasteiger partial charge on any atom is -0.453 e. The molecule has 0 bridgehead atoms. The fourth-order valence-corrected chi connectivity index (χ4v) is 11.8. The van der Waals surface area contributed by atoms with Crippen LogP contribution in [0.25, 0.3) is 97.0 Å². The Morgan fingerprint density at radius 3 is 1.82 bits per heavy atom. The van der Waals surface area contributed by atoms with Gasteiger partial charge in [0.25, 0.3) is 0 Å². The van der Waals surface area contributed by atoms with Crippen LogP contribution in [0.4, 0.5) is 17.1 Å². The first kappa shape index (κ1) is 35.3. The first-order chi connectivity index (χ1) is 30.5. The summed E-state index contributed by atoms with van der Waals surface area (Å²) in [5, 5.41) is 9.62. The summed E-state index contributed by atoms with van der Waals surface area (Å²) in [6.07, 6.45) is 0. The third-order valence-corrected chi connectivity index (χ3v) is 14.7. The lowest BCUT2D eigenvalue weighted by molar-refractivity contribution is 0.660. The Kier molecular flexibility index (Phi) is 7.56. The van der Waals surface area contributed by atoms with Gasteiger partial charge in [-0.1, -0.05) is 178 Å². The minimum atomic E-state index is -0.163. The molecule has 0 aliphatic heterocycles. The Labute approximate surface area is 363 Å². The topological polar surface area (TPSA) is 16.4 Å². The van der Waals surface area contributed by atoms with Crippen LogP contribution >= 0.6 is 11.3 Å². The molecule has 13 rings (SSSR count). The van der Waals surface area contributed by atoms with Crippen LogP contribution in [0.1, 0.15) is 25.0 Å². The smallest absolute Gasteiger partial charge is 0.160 e. The summed E-state index contributed by atoms with van der Waals surface area (Å²) in [4.78, 5) is 2.42. The molecule has 292 valence electrons. The molecule has 0 atom stereocenters. The van der Waals surface area contributed by atoms with Crippen molar-refractivity contribution in [1.29, 1.82) is 0 Å². The molecule has 2 aromatic heterocycles. The van der Waals surface area contributed by atoms with Crippen LogP contribution < -0.4 is 4.90 Å². The summed E-state index contributed by atoms with van der Waals surface area (Å²) in [5.41, 5.74) is 14.8. The van der Waals surface area contributed by atoms with Crippen LogP contribution in [0.15, 0.2) is 205 Å². The number of nitrogens with zero attached hydrogens (tertiary/aromatic N) is 1. The quantitative estimate of drug-likeness (QED) is 0.161. The van der Waals surface area contributed by atoms with E-state index in [1.807, 2.05) is 11.3 Å². The van der Waals surface area contributed by atoms with Gasteiger partial charge in [-0.2, -0.15) is 0 Å². The molecule has 0 spiro atoms. The zero-order valence-electron chi connectivity index (χ0n) is 34.3. The van der Waals surface area contributed by atoms with E-state index in [1.54, 1.807) is 0 Å². The summed E-state index contributed by atoms with van der Waals surface area (Å²) in [5.74, 6) is 0. The van der Waals surface area contributed by atoms with Crippen molar-refractivity contribution in [3.8, 4) is 33.4 Å². The number of rotatable bonds is 5. The van der Waals surface area contributed by atoms with Gasteiger partial charge in [-0.15, -0.1) is 11.3 Å². The van der Waals surface area contributed by atoms with Gasteiger partial charge in [0.05, 0.1) is 5.69 Å². The first-order valence-corrected chi connectivity index (χ1v) is 22.2. The lowest BCUT2D eigenvalue weighted by atomic mass is 9.82. The van der Waals surface area contributed by atoms with Gasteiger partial charge in [0.1, 0.15) is 5.58 Å². The van der Waals surface area contributed by atoms with E-state index in [9.17, 15) is 0 Å². The van der Waals surface area contributed by atoms with Gasteiger partial charge in [-0.25, -0.2) is 0 Å². The third-order valence-electron chi connectivity index (χ3n) is 13.5. The maximum atomic E-state index is 7.41. The van der Waals surface area contributed by atoms with E-state index in [4.69, 9.17) is 4.42 Å². The van der Waals surface area contributed by atoms with E-state index in [2.05, 4.69) is 219 Å². The number of hydrogen-bond donors (Lipinski definition) is 0. The molecule has 3 heteroatoms. The number of hydrogen-bond acceptors (Lipinski definition) is 3. The van der Waals surface area contributed by atoms with Crippen LogP contribution in [-0.2, 0) is 5.41 Å². The van der Waals surface area contributed by atoms with Crippen molar-refractivity contribution in [3.63, 3.8) is 0 Å². The number of thiophene rings is 1. The minimum absolute atomic E-state index is 0.163. The molecular weight excluding hydrogens is 771 g/mol. The van der Waals surface area contributed by atoms with Gasteiger partial charge in [0, 0.05) is 53.1 Å². The summed E-state index contributed by atoms with van der Waals surface area (Å²) in [6.45, 7) is 4.72. The van der Waals surface area contributed by atoms with Crippen LogP contribution in [-0.4, -0.2) is 0 Å². The zero-order chi connectivity index (χ0) is 41.1. The molecule has 1 aliphatic rings. The Morgan fingerprint density at radius 2 is 1.00 bits per heavy atom. The van der Waals surface area contributed by atoms with Crippen LogP contribution in [0.2, 0.25) is 0 Å². The highest BCUT2D eigenvalue weighted by Gasteiger charge is 2.36. The molecule has 0 N–H and O–H groups in total. The Hall–Kier alpha value is -7.46. The van der Waals surface area contributed by atoms with E-state index in [1.165, 1.54) is 69.7 Å². The van der Waals surface area contributed by atoms with Crippen molar-refractivity contribution in [2.24, 2.45) is 0 Å². The molecule has 2 heterocycles. The van der Waals surface area contributed by atoms with Gasteiger partial charge >= 0.3 is 0 Å². The largest absolute Gasteiger partial charge is 0.453 e. The van der Waals surface area contributed by atoms with Crippen LogP contribution in [0, 0.1) is 0 Å². The summed E-state index contributed by atoms with van der Waals surface area (Å²) in [6, 6.07) is 73.4. The van der Waals surface area contributed by atoms with Gasteiger partial charge in [-0.05, 0) is 97.1 Å². The maximum absolute atomic E-state index is 7.41. The van der Waals surface area contributed by atoms with Crippen molar-refractivity contribution >= 4 is 92.1 Å². The predicted octanol–water partition coefficient (Wildman–Crippen LogP) is 17.4. The summed E-state index contributed by atoms with van der Waals surface area (Å²) in [7, 11) is 0. The number of fused-ring (bicyclic) bond motifs is 14. The van der Waals surface area contributed by atoms with E-state index in [-0.39, 0.29) is 5.41 Å². The lowest BCUT2D eigenvalue weighted by Crippen LogP contribution is -2.16. The monoisotopic (exact) mass is 809 g/mol. The Morgan fingerprint density at radius 1 is 0.403 bits per heavy atom. The highest BCUT2D eigenvalue weighted by atomic mass is 32.1. The normalized spacial score (nSPS) is 13.1. The molecule has 0 saturated heterocycles. The number of anilines is 3. The standard InChI is InChI=1S/C59H39NOS/c1-59(2)50-25-12-10-19-44(50)45-32-31-39(35-51(45)59)60(38-29-27-37(28-30-38)41-23-14-24-49-46-20-11-13-26-53(46)62-58(41)49)52-34-33-40(36-15-4-3-5-16-36)54-55-47-21-8-6-17-42(47)43-18-7-9-22-48(43)56(55)61-57(52)54/h3-35H,1-2H3. The van der Waals surface area contributed by atoms with Gasteiger partial charge < -0.3 is 9.32 Å². The fourth-order valence-electron chi connectivity index (χ4n) is 10.5. The molecule has 1 aliphatic carbocycles.